The first-order valence-corrected chi connectivity index (χ1v) is 6.07. The van der Waals surface area contributed by atoms with Crippen molar-refractivity contribution in [2.24, 2.45) is 0 Å². The van der Waals surface area contributed by atoms with Gasteiger partial charge in [-0.25, -0.2) is 4.39 Å². The molecule has 2 aromatic rings. The Morgan fingerprint density at radius 3 is 2.71 bits per heavy atom. The molecule has 3 rings (SSSR count). The zero-order valence-corrected chi connectivity index (χ0v) is 10.1. The van der Waals surface area contributed by atoms with Crippen molar-refractivity contribution in [3.8, 4) is 0 Å². The summed E-state index contributed by atoms with van der Waals surface area (Å²) in [6.45, 7) is 0. The summed E-state index contributed by atoms with van der Waals surface area (Å²) in [4.78, 5) is 4.07. The third kappa shape index (κ3) is 1.65. The largest absolute Gasteiger partial charge is 0.399 e. The van der Waals surface area contributed by atoms with Crippen LogP contribution < -0.4 is 10.6 Å². The maximum absolute atomic E-state index is 13.2. The number of benzene rings is 2. The van der Waals surface area contributed by atoms with Gasteiger partial charge in [-0.05, 0) is 36.4 Å². The molecule has 0 fully saturated rings. The lowest BCUT2D eigenvalue weighted by Crippen LogP contribution is -2.14. The van der Waals surface area contributed by atoms with Crippen LogP contribution in [0.3, 0.4) is 0 Å². The van der Waals surface area contributed by atoms with Crippen LogP contribution in [0.5, 0.6) is 0 Å². The second kappa shape index (κ2) is 3.67. The highest BCUT2D eigenvalue weighted by molar-refractivity contribution is 7.99. The molecule has 0 spiro atoms. The molecule has 1 aliphatic rings. The number of hydrogen-bond donors (Lipinski definition) is 1. The van der Waals surface area contributed by atoms with Gasteiger partial charge in [-0.2, -0.15) is 0 Å². The van der Waals surface area contributed by atoms with Crippen molar-refractivity contribution >= 4 is 28.8 Å². The lowest BCUT2D eigenvalue weighted by atomic mass is 10.2. The lowest BCUT2D eigenvalue weighted by molar-refractivity contribution is 0.624. The highest BCUT2D eigenvalue weighted by atomic mass is 32.2. The van der Waals surface area contributed by atoms with Gasteiger partial charge in [-0.1, -0.05) is 11.8 Å². The van der Waals surface area contributed by atoms with Crippen LogP contribution in [-0.4, -0.2) is 7.05 Å². The van der Waals surface area contributed by atoms with Crippen LogP contribution in [0.25, 0.3) is 0 Å². The average Bonchev–Trinajstić information content (AvgIpc) is 2.30. The summed E-state index contributed by atoms with van der Waals surface area (Å²) in [6, 6.07) is 10.6. The number of fused-ring (bicyclic) bond motifs is 2. The van der Waals surface area contributed by atoms with Crippen molar-refractivity contribution in [1.29, 1.82) is 0 Å². The van der Waals surface area contributed by atoms with Crippen LogP contribution in [0.15, 0.2) is 46.2 Å². The smallest absolute Gasteiger partial charge is 0.124 e. The Balaban J connectivity index is 2.17. The van der Waals surface area contributed by atoms with Crippen molar-refractivity contribution in [1.82, 2.24) is 0 Å². The van der Waals surface area contributed by atoms with Gasteiger partial charge < -0.3 is 10.6 Å². The molecule has 0 radical (unpaired) electrons. The minimum atomic E-state index is -0.205. The topological polar surface area (TPSA) is 29.3 Å². The third-order valence-corrected chi connectivity index (χ3v) is 3.96. The molecule has 17 heavy (non-hydrogen) atoms. The first-order valence-electron chi connectivity index (χ1n) is 5.26. The average molecular weight is 246 g/mol. The SMILES string of the molecule is CN1c2ccc(F)cc2Sc2ccc(N)cc21. The number of anilines is 3. The van der Waals surface area contributed by atoms with E-state index in [1.807, 2.05) is 30.1 Å². The summed E-state index contributed by atoms with van der Waals surface area (Å²) in [6.07, 6.45) is 0. The Labute approximate surface area is 103 Å². The van der Waals surface area contributed by atoms with Gasteiger partial charge in [-0.15, -0.1) is 0 Å². The maximum Gasteiger partial charge on any atom is 0.124 e. The van der Waals surface area contributed by atoms with Crippen LogP contribution in [0, 0.1) is 5.82 Å². The van der Waals surface area contributed by atoms with E-state index in [-0.39, 0.29) is 5.82 Å². The predicted molar refractivity (Wildman–Crippen MR) is 69.4 cm³/mol. The highest BCUT2D eigenvalue weighted by Gasteiger charge is 2.20. The first kappa shape index (κ1) is 10.5. The van der Waals surface area contributed by atoms with Crippen molar-refractivity contribution < 1.29 is 4.39 Å². The molecule has 1 heterocycles. The van der Waals surface area contributed by atoms with Gasteiger partial charge in [0, 0.05) is 22.5 Å². The summed E-state index contributed by atoms with van der Waals surface area (Å²) in [5, 5.41) is 0. The molecule has 0 aromatic heterocycles. The Morgan fingerprint density at radius 1 is 1.06 bits per heavy atom. The Kier molecular flexibility index (Phi) is 2.26. The van der Waals surface area contributed by atoms with E-state index in [0.29, 0.717) is 0 Å². The molecule has 2 N–H and O–H groups in total. The van der Waals surface area contributed by atoms with Gasteiger partial charge in [-0.3, -0.25) is 0 Å². The van der Waals surface area contributed by atoms with Gasteiger partial charge in [0.15, 0.2) is 0 Å². The number of rotatable bonds is 0. The van der Waals surface area contributed by atoms with E-state index in [4.69, 9.17) is 5.73 Å². The quantitative estimate of drug-likeness (QED) is 0.720. The van der Waals surface area contributed by atoms with Crippen LogP contribution in [0.2, 0.25) is 0 Å². The van der Waals surface area contributed by atoms with Gasteiger partial charge in [0.1, 0.15) is 5.82 Å². The van der Waals surface area contributed by atoms with Gasteiger partial charge in [0.05, 0.1) is 11.4 Å². The van der Waals surface area contributed by atoms with Crippen LogP contribution >= 0.6 is 11.8 Å². The molecule has 0 amide bonds. The highest BCUT2D eigenvalue weighted by Crippen LogP contribution is 2.47. The normalized spacial score (nSPS) is 13.2. The standard InChI is InChI=1S/C13H11FN2S/c1-16-10-4-2-8(14)6-13(10)17-12-5-3-9(15)7-11(12)16/h2-7H,15H2,1H3. The molecule has 0 unspecified atom stereocenters. The Hall–Kier alpha value is -1.68. The molecule has 86 valence electrons. The minimum absolute atomic E-state index is 0.205. The zero-order chi connectivity index (χ0) is 12.0. The second-order valence-electron chi connectivity index (χ2n) is 4.00. The zero-order valence-electron chi connectivity index (χ0n) is 9.27. The Bertz CT molecular complexity index is 598. The van der Waals surface area contributed by atoms with Crippen molar-refractivity contribution in [3.63, 3.8) is 0 Å². The van der Waals surface area contributed by atoms with E-state index in [1.54, 1.807) is 23.9 Å². The van der Waals surface area contributed by atoms with E-state index in [9.17, 15) is 4.39 Å². The summed E-state index contributed by atoms with van der Waals surface area (Å²) in [7, 11) is 1.97. The molecule has 0 saturated carbocycles. The molecular weight excluding hydrogens is 235 g/mol. The summed E-state index contributed by atoms with van der Waals surface area (Å²) in [5.74, 6) is -0.205. The van der Waals surface area contributed by atoms with E-state index in [1.165, 1.54) is 6.07 Å². The van der Waals surface area contributed by atoms with Crippen molar-refractivity contribution in [3.05, 3.63) is 42.2 Å². The van der Waals surface area contributed by atoms with E-state index >= 15 is 0 Å². The molecule has 0 saturated heterocycles. The lowest BCUT2D eigenvalue weighted by Gasteiger charge is -2.29. The number of nitrogens with two attached hydrogens (primary N) is 1. The van der Waals surface area contributed by atoms with Gasteiger partial charge >= 0.3 is 0 Å². The number of nitrogen functional groups attached to an aromatic ring is 1. The molecule has 4 heteroatoms. The van der Waals surface area contributed by atoms with E-state index in [0.717, 1.165) is 26.9 Å². The molecule has 2 aromatic carbocycles. The van der Waals surface area contributed by atoms with Crippen LogP contribution in [0.4, 0.5) is 21.5 Å². The Morgan fingerprint density at radius 2 is 1.88 bits per heavy atom. The van der Waals surface area contributed by atoms with Gasteiger partial charge in [0.2, 0.25) is 0 Å². The van der Waals surface area contributed by atoms with Crippen LogP contribution in [0.1, 0.15) is 0 Å². The third-order valence-electron chi connectivity index (χ3n) is 2.85. The van der Waals surface area contributed by atoms with E-state index < -0.39 is 0 Å². The number of hydrogen-bond acceptors (Lipinski definition) is 3. The molecule has 0 aliphatic carbocycles. The molecular formula is C13H11FN2S. The maximum atomic E-state index is 13.2. The van der Waals surface area contributed by atoms with Gasteiger partial charge in [0.25, 0.3) is 0 Å². The fourth-order valence-electron chi connectivity index (χ4n) is 1.98. The second-order valence-corrected chi connectivity index (χ2v) is 5.08. The minimum Gasteiger partial charge on any atom is -0.399 e. The predicted octanol–water partition coefficient (Wildman–Crippen LogP) is 3.64. The molecule has 1 aliphatic heterocycles. The molecule has 0 atom stereocenters. The monoisotopic (exact) mass is 246 g/mol. The van der Waals surface area contributed by atoms with Crippen LogP contribution in [-0.2, 0) is 0 Å². The fraction of sp³-hybridized carbons (Fsp3) is 0.0769. The number of nitrogens with zero attached hydrogens (tertiary/aromatic N) is 1. The molecule has 2 nitrogen and oxygen atoms in total. The summed E-state index contributed by atoms with van der Waals surface area (Å²) in [5.41, 5.74) is 8.60. The first-order chi connectivity index (χ1) is 8.15. The van der Waals surface area contributed by atoms with Crippen molar-refractivity contribution in [2.45, 2.75) is 9.79 Å². The summed E-state index contributed by atoms with van der Waals surface area (Å²) < 4.78 is 13.2. The fourth-order valence-corrected chi connectivity index (χ4v) is 3.13. The molecule has 0 bridgehead atoms. The van der Waals surface area contributed by atoms with Crippen molar-refractivity contribution in [2.75, 3.05) is 17.7 Å². The number of halogens is 1. The summed E-state index contributed by atoms with van der Waals surface area (Å²) >= 11 is 1.57. The van der Waals surface area contributed by atoms with E-state index in [2.05, 4.69) is 0 Å².